The van der Waals surface area contributed by atoms with Gasteiger partial charge in [-0.05, 0) is 0 Å². The Hall–Kier alpha value is -2.09. The first-order valence-electron chi connectivity index (χ1n) is 6.22. The SMILES string of the molecule is COC(=O)C1=NNC(C(=O)OC)=C(N2CCOCC2)C1. The number of hydrazone groups is 1. The molecular weight excluding hydrogens is 266 g/mol. The number of rotatable bonds is 3. The summed E-state index contributed by atoms with van der Waals surface area (Å²) in [5.74, 6) is -1.04. The smallest absolute Gasteiger partial charge is 0.357 e. The topological polar surface area (TPSA) is 89.5 Å². The van der Waals surface area contributed by atoms with Crippen LogP contribution in [0.15, 0.2) is 16.5 Å². The molecule has 0 saturated carbocycles. The summed E-state index contributed by atoms with van der Waals surface area (Å²) in [6.45, 7) is 2.43. The zero-order valence-corrected chi connectivity index (χ0v) is 11.5. The summed E-state index contributed by atoms with van der Waals surface area (Å²) < 4.78 is 14.7. The maximum absolute atomic E-state index is 11.8. The molecule has 2 rings (SSSR count). The highest BCUT2D eigenvalue weighted by Gasteiger charge is 2.29. The lowest BCUT2D eigenvalue weighted by molar-refractivity contribution is -0.137. The summed E-state index contributed by atoms with van der Waals surface area (Å²) >= 11 is 0. The Balaban J connectivity index is 2.24. The van der Waals surface area contributed by atoms with Crippen LogP contribution in [-0.2, 0) is 23.8 Å². The first kappa shape index (κ1) is 14.3. The number of carbonyl (C=O) groups excluding carboxylic acids is 2. The first-order chi connectivity index (χ1) is 9.67. The quantitative estimate of drug-likeness (QED) is 0.680. The third-order valence-electron chi connectivity index (χ3n) is 3.13. The van der Waals surface area contributed by atoms with E-state index in [1.165, 1.54) is 14.2 Å². The Bertz CT molecular complexity index is 466. The molecule has 2 aliphatic heterocycles. The Morgan fingerprint density at radius 2 is 1.85 bits per heavy atom. The molecule has 0 radical (unpaired) electrons. The van der Waals surface area contributed by atoms with Gasteiger partial charge >= 0.3 is 11.9 Å². The van der Waals surface area contributed by atoms with Crippen molar-refractivity contribution in [3.8, 4) is 0 Å². The molecule has 0 spiro atoms. The van der Waals surface area contributed by atoms with E-state index >= 15 is 0 Å². The fourth-order valence-corrected chi connectivity index (χ4v) is 2.08. The number of methoxy groups -OCH3 is 2. The summed E-state index contributed by atoms with van der Waals surface area (Å²) in [6.07, 6.45) is 0.226. The molecule has 1 N–H and O–H groups in total. The standard InChI is InChI=1S/C12H17N3O5/c1-18-11(16)8-7-9(15-3-5-20-6-4-15)10(14-13-8)12(17)19-2/h14H,3-7H2,1-2H3. The minimum absolute atomic E-state index is 0.224. The minimum Gasteiger partial charge on any atom is -0.464 e. The van der Waals surface area contributed by atoms with Crippen molar-refractivity contribution in [3.63, 3.8) is 0 Å². The predicted molar refractivity (Wildman–Crippen MR) is 68.6 cm³/mol. The molecule has 8 nitrogen and oxygen atoms in total. The van der Waals surface area contributed by atoms with Gasteiger partial charge in [0.25, 0.3) is 0 Å². The first-order valence-corrected chi connectivity index (χ1v) is 6.22. The maximum atomic E-state index is 11.8. The van der Waals surface area contributed by atoms with E-state index in [9.17, 15) is 9.59 Å². The zero-order valence-electron chi connectivity index (χ0n) is 11.5. The molecule has 1 fully saturated rings. The van der Waals surface area contributed by atoms with E-state index in [0.29, 0.717) is 32.0 Å². The van der Waals surface area contributed by atoms with Crippen molar-refractivity contribution in [2.24, 2.45) is 5.10 Å². The number of nitrogens with one attached hydrogen (secondary N) is 1. The molecule has 0 amide bonds. The molecule has 1 saturated heterocycles. The molecule has 0 aromatic carbocycles. The van der Waals surface area contributed by atoms with Gasteiger partial charge in [-0.3, -0.25) is 5.43 Å². The van der Waals surface area contributed by atoms with Gasteiger partial charge in [0, 0.05) is 19.5 Å². The van der Waals surface area contributed by atoms with E-state index in [-0.39, 0.29) is 17.8 Å². The third kappa shape index (κ3) is 2.90. The predicted octanol–water partition coefficient (Wildman–Crippen LogP) is -0.774. The van der Waals surface area contributed by atoms with Crippen LogP contribution in [-0.4, -0.2) is 63.1 Å². The number of ether oxygens (including phenoxy) is 3. The lowest BCUT2D eigenvalue weighted by Gasteiger charge is -2.33. The second-order valence-electron chi connectivity index (χ2n) is 4.25. The van der Waals surface area contributed by atoms with Crippen molar-refractivity contribution in [2.75, 3.05) is 40.5 Å². The fourth-order valence-electron chi connectivity index (χ4n) is 2.08. The number of nitrogens with zero attached hydrogens (tertiary/aromatic N) is 2. The summed E-state index contributed by atoms with van der Waals surface area (Å²) in [4.78, 5) is 25.3. The third-order valence-corrected chi connectivity index (χ3v) is 3.13. The van der Waals surface area contributed by atoms with Crippen LogP contribution in [0.2, 0.25) is 0 Å². The maximum Gasteiger partial charge on any atom is 0.357 e. The molecule has 110 valence electrons. The second-order valence-corrected chi connectivity index (χ2v) is 4.25. The van der Waals surface area contributed by atoms with Crippen molar-refractivity contribution in [1.82, 2.24) is 10.3 Å². The normalized spacial score (nSPS) is 19.1. The van der Waals surface area contributed by atoms with Crippen LogP contribution in [0, 0.1) is 0 Å². The van der Waals surface area contributed by atoms with Crippen molar-refractivity contribution < 1.29 is 23.8 Å². The Morgan fingerprint density at radius 1 is 1.20 bits per heavy atom. The van der Waals surface area contributed by atoms with Crippen LogP contribution in [0.4, 0.5) is 0 Å². The van der Waals surface area contributed by atoms with E-state index < -0.39 is 11.9 Å². The summed E-state index contributed by atoms with van der Waals surface area (Å²) in [6, 6.07) is 0. The fraction of sp³-hybridized carbons (Fsp3) is 0.583. The van der Waals surface area contributed by atoms with E-state index in [1.54, 1.807) is 0 Å². The van der Waals surface area contributed by atoms with Gasteiger partial charge in [-0.2, -0.15) is 5.10 Å². The average Bonchev–Trinajstić information content (AvgIpc) is 2.53. The highest BCUT2D eigenvalue weighted by molar-refractivity contribution is 6.37. The summed E-state index contributed by atoms with van der Waals surface area (Å²) in [5.41, 5.74) is 3.74. The van der Waals surface area contributed by atoms with Crippen LogP contribution < -0.4 is 5.43 Å². The number of morpholine rings is 1. The number of hydrogen-bond acceptors (Lipinski definition) is 8. The van der Waals surface area contributed by atoms with Gasteiger partial charge in [0.05, 0.1) is 33.1 Å². The van der Waals surface area contributed by atoms with Crippen molar-refractivity contribution >= 4 is 17.7 Å². The highest BCUT2D eigenvalue weighted by Crippen LogP contribution is 2.20. The van der Waals surface area contributed by atoms with Crippen LogP contribution >= 0.6 is 0 Å². The monoisotopic (exact) mass is 283 g/mol. The lowest BCUT2D eigenvalue weighted by atomic mass is 10.1. The molecule has 0 aromatic rings. The molecule has 20 heavy (non-hydrogen) atoms. The van der Waals surface area contributed by atoms with Gasteiger partial charge < -0.3 is 19.1 Å². The minimum atomic E-state index is -0.521. The molecular formula is C12H17N3O5. The number of esters is 2. The van der Waals surface area contributed by atoms with Crippen LogP contribution in [0.25, 0.3) is 0 Å². The number of allylic oxidation sites excluding steroid dienone is 1. The van der Waals surface area contributed by atoms with Crippen LogP contribution in [0.3, 0.4) is 0 Å². The van der Waals surface area contributed by atoms with Crippen LogP contribution in [0.1, 0.15) is 6.42 Å². The van der Waals surface area contributed by atoms with Gasteiger partial charge in [0.1, 0.15) is 0 Å². The van der Waals surface area contributed by atoms with Crippen molar-refractivity contribution in [3.05, 3.63) is 11.4 Å². The van der Waals surface area contributed by atoms with E-state index in [0.717, 1.165) is 0 Å². The van der Waals surface area contributed by atoms with Gasteiger partial charge in [-0.25, -0.2) is 9.59 Å². The molecule has 0 atom stereocenters. The molecule has 0 aliphatic carbocycles. The Morgan fingerprint density at radius 3 is 2.45 bits per heavy atom. The van der Waals surface area contributed by atoms with E-state index in [4.69, 9.17) is 9.47 Å². The molecule has 8 heteroatoms. The number of carbonyl (C=O) groups is 2. The molecule has 2 heterocycles. The summed E-state index contributed by atoms with van der Waals surface area (Å²) in [7, 11) is 2.59. The van der Waals surface area contributed by atoms with E-state index in [1.807, 2.05) is 4.90 Å². The second kappa shape index (κ2) is 6.38. The summed E-state index contributed by atoms with van der Waals surface area (Å²) in [5, 5.41) is 3.87. The molecule has 0 aromatic heterocycles. The zero-order chi connectivity index (χ0) is 14.5. The average molecular weight is 283 g/mol. The molecule has 0 bridgehead atoms. The van der Waals surface area contributed by atoms with Gasteiger partial charge in [-0.1, -0.05) is 0 Å². The van der Waals surface area contributed by atoms with Crippen molar-refractivity contribution in [2.45, 2.75) is 6.42 Å². The number of hydrogen-bond donors (Lipinski definition) is 1. The molecule has 0 unspecified atom stereocenters. The van der Waals surface area contributed by atoms with Gasteiger partial charge in [0.15, 0.2) is 11.4 Å². The highest BCUT2D eigenvalue weighted by atomic mass is 16.5. The Kier molecular flexibility index (Phi) is 4.57. The lowest BCUT2D eigenvalue weighted by Crippen LogP contribution is -2.41. The van der Waals surface area contributed by atoms with Crippen LogP contribution in [0.5, 0.6) is 0 Å². The van der Waals surface area contributed by atoms with Gasteiger partial charge in [0.2, 0.25) is 0 Å². The van der Waals surface area contributed by atoms with Crippen molar-refractivity contribution in [1.29, 1.82) is 0 Å². The Labute approximate surface area is 116 Å². The largest absolute Gasteiger partial charge is 0.464 e. The van der Waals surface area contributed by atoms with Gasteiger partial charge in [-0.15, -0.1) is 0 Å². The molecule has 2 aliphatic rings. The van der Waals surface area contributed by atoms with E-state index in [2.05, 4.69) is 15.3 Å².